The van der Waals surface area contributed by atoms with Gasteiger partial charge in [0.05, 0.1) is 19.4 Å². The molecule has 2 fully saturated rings. The zero-order valence-corrected chi connectivity index (χ0v) is 19.1. The maximum absolute atomic E-state index is 12.3. The maximum Gasteiger partial charge on any atom is 0.308 e. The van der Waals surface area contributed by atoms with Crippen LogP contribution in [0.15, 0.2) is 30.7 Å². The van der Waals surface area contributed by atoms with E-state index in [9.17, 15) is 9.59 Å². The van der Waals surface area contributed by atoms with Crippen LogP contribution in [0, 0.1) is 0 Å². The molecule has 4 heterocycles. The summed E-state index contributed by atoms with van der Waals surface area (Å²) in [4.78, 5) is 39.0. The maximum atomic E-state index is 12.3. The number of carbonyl (C=O) groups is 2. The number of nitrogens with one attached hydrogen (secondary N) is 1. The van der Waals surface area contributed by atoms with Gasteiger partial charge in [-0.25, -0.2) is 15.0 Å². The number of pyridine rings is 1. The molecule has 0 bridgehead atoms. The van der Waals surface area contributed by atoms with Crippen molar-refractivity contribution in [3.05, 3.63) is 30.7 Å². The highest BCUT2D eigenvalue weighted by Gasteiger charge is 2.51. The Morgan fingerprint density at radius 1 is 1.06 bits per heavy atom. The van der Waals surface area contributed by atoms with E-state index < -0.39 is 23.9 Å². The summed E-state index contributed by atoms with van der Waals surface area (Å²) in [7, 11) is 0. The number of nitrogens with zero attached hydrogens (tertiary/aromatic N) is 4. The molecule has 0 amide bonds. The van der Waals surface area contributed by atoms with Crippen LogP contribution in [0.4, 0.5) is 5.82 Å². The van der Waals surface area contributed by atoms with Crippen LogP contribution in [0.3, 0.4) is 0 Å². The van der Waals surface area contributed by atoms with Crippen LogP contribution in [-0.2, 0) is 19.1 Å². The lowest BCUT2D eigenvalue weighted by atomic mass is 10.1. The van der Waals surface area contributed by atoms with Gasteiger partial charge in [-0.15, -0.1) is 0 Å². The fourth-order valence-corrected chi connectivity index (χ4v) is 3.74. The Morgan fingerprint density at radius 3 is 2.68 bits per heavy atom. The molecule has 4 rings (SSSR count). The van der Waals surface area contributed by atoms with Gasteiger partial charge in [0.1, 0.15) is 13.2 Å². The summed E-state index contributed by atoms with van der Waals surface area (Å²) >= 11 is 0. The fraction of sp³-hybridized carbons (Fsp3) is 0.500. The van der Waals surface area contributed by atoms with Crippen molar-refractivity contribution < 1.29 is 33.3 Å². The van der Waals surface area contributed by atoms with Gasteiger partial charge in [-0.3, -0.25) is 14.9 Å². The highest BCUT2D eigenvalue weighted by Crippen LogP contribution is 2.35. The number of anilines is 1. The molecule has 0 saturated carbocycles. The molecule has 1 unspecified atom stereocenters. The SMILES string of the molecule is CCOc1ncccc1OCCOc1nccnc1N1CCNC2OC(=O)CCC(=O)O[C@]21C. The van der Waals surface area contributed by atoms with Crippen LogP contribution in [0.2, 0.25) is 0 Å². The summed E-state index contributed by atoms with van der Waals surface area (Å²) in [5, 5.41) is 3.10. The average molecular weight is 473 g/mol. The molecular weight excluding hydrogens is 446 g/mol. The molecule has 2 saturated heterocycles. The molecule has 1 N–H and O–H groups in total. The van der Waals surface area contributed by atoms with E-state index in [1.54, 1.807) is 30.2 Å². The molecule has 2 aliphatic heterocycles. The Bertz CT molecular complexity index is 1020. The standard InChI is InChI=1S/C22H27N5O7/c1-3-30-19-15(5-4-8-24-19)31-13-14-32-20-18(23-9-10-25-20)27-12-11-26-21-22(27,2)34-17(29)7-6-16(28)33-21/h4-5,8-10,21,26H,3,6-7,11-14H2,1-2H3/t21?,22-/m1/s1. The molecular formula is C22H27N5O7. The van der Waals surface area contributed by atoms with Gasteiger partial charge >= 0.3 is 11.9 Å². The molecule has 0 radical (unpaired) electrons. The van der Waals surface area contributed by atoms with Gasteiger partial charge < -0.3 is 28.6 Å². The normalized spacial score (nSPS) is 22.5. The number of rotatable bonds is 8. The van der Waals surface area contributed by atoms with Crippen LogP contribution in [0.5, 0.6) is 17.5 Å². The molecule has 2 aliphatic rings. The summed E-state index contributed by atoms with van der Waals surface area (Å²) in [5.74, 6) is 0.528. The molecule has 2 aromatic rings. The van der Waals surface area contributed by atoms with Crippen molar-refractivity contribution in [3.63, 3.8) is 0 Å². The second-order valence-corrected chi connectivity index (χ2v) is 7.63. The van der Waals surface area contributed by atoms with Crippen molar-refractivity contribution in [2.45, 2.75) is 38.6 Å². The number of hydrogen-bond acceptors (Lipinski definition) is 12. The topological polar surface area (TPSA) is 134 Å². The van der Waals surface area contributed by atoms with E-state index in [2.05, 4.69) is 20.3 Å². The summed E-state index contributed by atoms with van der Waals surface area (Å²) in [6, 6.07) is 3.52. The van der Waals surface area contributed by atoms with E-state index in [-0.39, 0.29) is 31.9 Å². The predicted octanol–water partition coefficient (Wildman–Crippen LogP) is 1.06. The molecule has 2 aromatic heterocycles. The summed E-state index contributed by atoms with van der Waals surface area (Å²) in [6.07, 6.45) is 3.67. The van der Waals surface area contributed by atoms with Gasteiger partial charge in [0.25, 0.3) is 11.8 Å². The van der Waals surface area contributed by atoms with Crippen molar-refractivity contribution in [2.75, 3.05) is 37.8 Å². The fourth-order valence-electron chi connectivity index (χ4n) is 3.74. The zero-order valence-electron chi connectivity index (χ0n) is 19.1. The monoisotopic (exact) mass is 473 g/mol. The Morgan fingerprint density at radius 2 is 1.82 bits per heavy atom. The van der Waals surface area contributed by atoms with Crippen molar-refractivity contribution in [3.8, 4) is 17.5 Å². The summed E-state index contributed by atoms with van der Waals surface area (Å²) < 4.78 is 28.3. The second-order valence-electron chi connectivity index (χ2n) is 7.63. The lowest BCUT2D eigenvalue weighted by Gasteiger charge is -2.49. The van der Waals surface area contributed by atoms with Crippen molar-refractivity contribution in [1.82, 2.24) is 20.3 Å². The first kappa shape index (κ1) is 23.5. The minimum atomic E-state index is -1.34. The Labute approximate surface area is 196 Å². The molecule has 12 nitrogen and oxygen atoms in total. The Balaban J connectivity index is 1.48. The average Bonchev–Trinajstić information content (AvgIpc) is 2.83. The van der Waals surface area contributed by atoms with E-state index >= 15 is 0 Å². The first-order valence-electron chi connectivity index (χ1n) is 11.1. The predicted molar refractivity (Wildman–Crippen MR) is 117 cm³/mol. The van der Waals surface area contributed by atoms with E-state index in [1.807, 2.05) is 6.92 Å². The van der Waals surface area contributed by atoms with Gasteiger partial charge in [0, 0.05) is 38.6 Å². The quantitative estimate of drug-likeness (QED) is 0.434. The smallest absolute Gasteiger partial charge is 0.308 e. The molecule has 12 heteroatoms. The van der Waals surface area contributed by atoms with Crippen molar-refractivity contribution >= 4 is 17.8 Å². The molecule has 2 atom stereocenters. The minimum Gasteiger partial charge on any atom is -0.484 e. The Hall–Kier alpha value is -3.67. The number of fused-ring (bicyclic) bond motifs is 1. The van der Waals surface area contributed by atoms with E-state index in [0.717, 1.165) is 0 Å². The number of aromatic nitrogens is 3. The number of carbonyl (C=O) groups excluding carboxylic acids is 2. The Kier molecular flexibility index (Phi) is 7.26. The number of piperazine rings is 1. The van der Waals surface area contributed by atoms with Crippen LogP contribution >= 0.6 is 0 Å². The number of ether oxygens (including phenoxy) is 5. The number of hydrogen-bond donors (Lipinski definition) is 1. The third kappa shape index (κ3) is 5.11. The van der Waals surface area contributed by atoms with Gasteiger partial charge in [-0.2, -0.15) is 0 Å². The molecule has 182 valence electrons. The first-order chi connectivity index (χ1) is 16.5. The lowest BCUT2D eigenvalue weighted by molar-refractivity contribution is -0.198. The zero-order chi connectivity index (χ0) is 24.0. The second kappa shape index (κ2) is 10.5. The molecule has 0 aliphatic carbocycles. The van der Waals surface area contributed by atoms with Crippen molar-refractivity contribution in [1.29, 1.82) is 0 Å². The first-order valence-corrected chi connectivity index (χ1v) is 11.1. The van der Waals surface area contributed by atoms with Crippen LogP contribution in [-0.4, -0.2) is 71.8 Å². The van der Waals surface area contributed by atoms with Crippen LogP contribution in [0.1, 0.15) is 26.7 Å². The van der Waals surface area contributed by atoms with Crippen LogP contribution < -0.4 is 24.4 Å². The highest BCUT2D eigenvalue weighted by molar-refractivity contribution is 5.79. The summed E-state index contributed by atoms with van der Waals surface area (Å²) in [6.45, 7) is 5.24. The third-order valence-electron chi connectivity index (χ3n) is 5.29. The van der Waals surface area contributed by atoms with Gasteiger partial charge in [-0.05, 0) is 19.1 Å². The van der Waals surface area contributed by atoms with Crippen LogP contribution in [0.25, 0.3) is 0 Å². The largest absolute Gasteiger partial charge is 0.484 e. The molecule has 0 spiro atoms. The van der Waals surface area contributed by atoms with Gasteiger partial charge in [0.2, 0.25) is 12.0 Å². The molecule has 34 heavy (non-hydrogen) atoms. The summed E-state index contributed by atoms with van der Waals surface area (Å²) in [5.41, 5.74) is -1.34. The van der Waals surface area contributed by atoms with E-state index in [4.69, 9.17) is 23.7 Å². The number of esters is 2. The lowest BCUT2D eigenvalue weighted by Crippen LogP contribution is -2.69. The van der Waals surface area contributed by atoms with E-state index in [1.165, 1.54) is 12.4 Å². The van der Waals surface area contributed by atoms with Gasteiger partial charge in [-0.1, -0.05) is 0 Å². The minimum absolute atomic E-state index is 0.0332. The highest BCUT2D eigenvalue weighted by atomic mass is 16.6. The third-order valence-corrected chi connectivity index (χ3v) is 5.29. The molecule has 0 aromatic carbocycles. The van der Waals surface area contributed by atoms with Crippen molar-refractivity contribution in [2.24, 2.45) is 0 Å². The van der Waals surface area contributed by atoms with Gasteiger partial charge in [0.15, 0.2) is 11.6 Å². The van der Waals surface area contributed by atoms with E-state index in [0.29, 0.717) is 37.1 Å².